The van der Waals surface area contributed by atoms with Gasteiger partial charge in [0.05, 0.1) is 7.11 Å². The number of benzene rings is 1. The van der Waals surface area contributed by atoms with Gasteiger partial charge in [-0.2, -0.15) is 0 Å². The van der Waals surface area contributed by atoms with Gasteiger partial charge >= 0.3 is 5.97 Å². The van der Waals surface area contributed by atoms with E-state index < -0.39 is 0 Å². The largest absolute Gasteiger partial charge is 0.467 e. The number of carbonyl (C=O) groups excluding carboxylic acids is 1. The zero-order valence-corrected chi connectivity index (χ0v) is 10.1. The van der Waals surface area contributed by atoms with E-state index in [2.05, 4.69) is 23.0 Å². The lowest BCUT2D eigenvalue weighted by molar-refractivity contribution is -0.141. The van der Waals surface area contributed by atoms with E-state index in [4.69, 9.17) is 0 Å². The van der Waals surface area contributed by atoms with Crippen LogP contribution in [-0.2, 0) is 16.0 Å². The fourth-order valence-corrected chi connectivity index (χ4v) is 1.62. The van der Waals surface area contributed by atoms with Crippen molar-refractivity contribution >= 4 is 11.7 Å². The molecule has 0 fully saturated rings. The van der Waals surface area contributed by atoms with Crippen LogP contribution < -0.4 is 5.32 Å². The Hall–Kier alpha value is -1.51. The van der Waals surface area contributed by atoms with Gasteiger partial charge in [-0.3, -0.25) is 0 Å². The molecule has 1 aromatic carbocycles. The minimum absolute atomic E-state index is 0.244. The highest BCUT2D eigenvalue weighted by Gasteiger charge is 2.13. The summed E-state index contributed by atoms with van der Waals surface area (Å²) in [5.74, 6) is -0.244. The molecule has 1 N–H and O–H groups in total. The molecule has 0 aromatic heterocycles. The molecule has 3 nitrogen and oxygen atoms in total. The minimum Gasteiger partial charge on any atom is -0.467 e. The van der Waals surface area contributed by atoms with E-state index in [0.29, 0.717) is 0 Å². The highest BCUT2D eigenvalue weighted by atomic mass is 16.5. The summed E-state index contributed by atoms with van der Waals surface area (Å²) in [6, 6.07) is 7.73. The summed E-state index contributed by atoms with van der Waals surface area (Å²) in [5.41, 5.74) is 2.25. The van der Waals surface area contributed by atoms with Gasteiger partial charge in [0.1, 0.15) is 6.04 Å². The molecule has 1 atom stereocenters. The monoisotopic (exact) mass is 221 g/mol. The van der Waals surface area contributed by atoms with Crippen LogP contribution in [-0.4, -0.2) is 19.1 Å². The molecule has 0 radical (unpaired) electrons. The predicted octanol–water partition coefficient (Wildman–Crippen LogP) is 2.61. The van der Waals surface area contributed by atoms with Crippen LogP contribution in [0.4, 0.5) is 5.69 Å². The maximum Gasteiger partial charge on any atom is 0.327 e. The first-order valence-corrected chi connectivity index (χ1v) is 5.61. The van der Waals surface area contributed by atoms with E-state index in [1.165, 1.54) is 12.7 Å². The number of hydrogen-bond donors (Lipinski definition) is 1. The van der Waals surface area contributed by atoms with Crippen LogP contribution >= 0.6 is 0 Å². The molecule has 0 saturated heterocycles. The summed E-state index contributed by atoms with van der Waals surface area (Å²) >= 11 is 0. The number of hydrogen-bond acceptors (Lipinski definition) is 3. The van der Waals surface area contributed by atoms with Crippen molar-refractivity contribution in [1.82, 2.24) is 0 Å². The van der Waals surface area contributed by atoms with Gasteiger partial charge in [0.2, 0.25) is 0 Å². The highest BCUT2D eigenvalue weighted by molar-refractivity contribution is 5.79. The minimum atomic E-state index is -0.317. The van der Waals surface area contributed by atoms with E-state index in [9.17, 15) is 4.79 Å². The van der Waals surface area contributed by atoms with Gasteiger partial charge in [0.25, 0.3) is 0 Å². The summed E-state index contributed by atoms with van der Waals surface area (Å²) in [7, 11) is 1.40. The second-order valence-corrected chi connectivity index (χ2v) is 3.80. The molecule has 0 amide bonds. The molecular formula is C13H19NO2. The smallest absolute Gasteiger partial charge is 0.327 e. The van der Waals surface area contributed by atoms with Crippen LogP contribution in [0.25, 0.3) is 0 Å². The van der Waals surface area contributed by atoms with Gasteiger partial charge in [-0.1, -0.05) is 31.5 Å². The third-order valence-corrected chi connectivity index (χ3v) is 2.46. The van der Waals surface area contributed by atoms with E-state index in [0.717, 1.165) is 18.5 Å². The first-order valence-electron chi connectivity index (χ1n) is 5.61. The van der Waals surface area contributed by atoms with Crippen molar-refractivity contribution in [2.75, 3.05) is 12.4 Å². The van der Waals surface area contributed by atoms with Crippen molar-refractivity contribution in [3.05, 3.63) is 29.8 Å². The zero-order chi connectivity index (χ0) is 12.0. The zero-order valence-electron chi connectivity index (χ0n) is 10.1. The van der Waals surface area contributed by atoms with Gasteiger partial charge in [-0.15, -0.1) is 0 Å². The number of ether oxygens (including phenoxy) is 1. The average molecular weight is 221 g/mol. The Morgan fingerprint density at radius 2 is 2.12 bits per heavy atom. The van der Waals surface area contributed by atoms with Crippen molar-refractivity contribution < 1.29 is 9.53 Å². The van der Waals surface area contributed by atoms with Crippen LogP contribution in [0.15, 0.2) is 24.3 Å². The Morgan fingerprint density at radius 3 is 2.75 bits per heavy atom. The Labute approximate surface area is 96.8 Å². The van der Waals surface area contributed by atoms with Gasteiger partial charge in [0, 0.05) is 5.69 Å². The molecule has 0 spiro atoms. The molecule has 88 valence electrons. The van der Waals surface area contributed by atoms with Crippen LogP contribution in [0.2, 0.25) is 0 Å². The second kappa shape index (κ2) is 6.16. The highest BCUT2D eigenvalue weighted by Crippen LogP contribution is 2.17. The molecule has 0 bridgehead atoms. The van der Waals surface area contributed by atoms with Crippen molar-refractivity contribution in [3.8, 4) is 0 Å². The first kappa shape index (κ1) is 12.6. The van der Waals surface area contributed by atoms with Crippen molar-refractivity contribution in [1.29, 1.82) is 0 Å². The summed E-state index contributed by atoms with van der Waals surface area (Å²) in [6.45, 7) is 3.94. The second-order valence-electron chi connectivity index (χ2n) is 3.80. The van der Waals surface area contributed by atoms with Gasteiger partial charge in [-0.25, -0.2) is 4.79 Å². The van der Waals surface area contributed by atoms with Crippen molar-refractivity contribution in [3.63, 3.8) is 0 Å². The summed E-state index contributed by atoms with van der Waals surface area (Å²) in [5, 5.41) is 3.17. The number of para-hydroxylation sites is 1. The van der Waals surface area contributed by atoms with Gasteiger partial charge in [-0.05, 0) is 25.0 Å². The Bertz CT molecular complexity index is 350. The fourth-order valence-electron chi connectivity index (χ4n) is 1.62. The van der Waals surface area contributed by atoms with Crippen LogP contribution in [0, 0.1) is 0 Å². The van der Waals surface area contributed by atoms with Gasteiger partial charge < -0.3 is 10.1 Å². The number of nitrogens with one attached hydrogen (secondary N) is 1. The van der Waals surface area contributed by atoms with E-state index in [1.54, 1.807) is 6.92 Å². The summed E-state index contributed by atoms with van der Waals surface area (Å²) in [4.78, 5) is 11.3. The Kier molecular flexibility index (Phi) is 4.83. The number of esters is 1. The van der Waals surface area contributed by atoms with Crippen LogP contribution in [0.3, 0.4) is 0 Å². The van der Waals surface area contributed by atoms with Crippen LogP contribution in [0.5, 0.6) is 0 Å². The number of anilines is 1. The van der Waals surface area contributed by atoms with E-state index >= 15 is 0 Å². The van der Waals surface area contributed by atoms with E-state index in [-0.39, 0.29) is 12.0 Å². The quantitative estimate of drug-likeness (QED) is 0.777. The molecule has 0 saturated carbocycles. The van der Waals surface area contributed by atoms with Crippen molar-refractivity contribution in [2.45, 2.75) is 32.7 Å². The first-order chi connectivity index (χ1) is 7.69. The number of carbonyl (C=O) groups is 1. The topological polar surface area (TPSA) is 38.3 Å². The molecule has 0 aliphatic carbocycles. The lowest BCUT2D eigenvalue weighted by Gasteiger charge is -2.16. The standard InChI is InChI=1S/C13H19NO2/c1-4-7-11-8-5-6-9-12(11)14-10(2)13(15)16-3/h5-6,8-10,14H,4,7H2,1-3H3/t10-/m0/s1. The van der Waals surface area contributed by atoms with Crippen LogP contribution in [0.1, 0.15) is 25.8 Å². The molecule has 1 rings (SSSR count). The molecule has 1 aromatic rings. The lowest BCUT2D eigenvalue weighted by atomic mass is 10.1. The van der Waals surface area contributed by atoms with E-state index in [1.807, 2.05) is 18.2 Å². The summed E-state index contributed by atoms with van der Waals surface area (Å²) < 4.78 is 4.68. The number of methoxy groups -OCH3 is 1. The number of aryl methyl sites for hydroxylation is 1. The van der Waals surface area contributed by atoms with Crippen molar-refractivity contribution in [2.24, 2.45) is 0 Å². The summed E-state index contributed by atoms with van der Waals surface area (Å²) in [6.07, 6.45) is 2.10. The predicted molar refractivity (Wildman–Crippen MR) is 65.5 cm³/mol. The third kappa shape index (κ3) is 3.26. The maximum atomic E-state index is 11.3. The molecule has 0 aliphatic heterocycles. The number of rotatable bonds is 5. The molecular weight excluding hydrogens is 202 g/mol. The normalized spacial score (nSPS) is 11.9. The average Bonchev–Trinajstić information content (AvgIpc) is 2.31. The third-order valence-electron chi connectivity index (χ3n) is 2.46. The molecule has 0 heterocycles. The molecule has 0 aliphatic rings. The Balaban J connectivity index is 2.75. The fraction of sp³-hybridized carbons (Fsp3) is 0.462. The lowest BCUT2D eigenvalue weighted by Crippen LogP contribution is -2.27. The molecule has 0 unspecified atom stereocenters. The molecule has 3 heteroatoms. The maximum absolute atomic E-state index is 11.3. The molecule has 16 heavy (non-hydrogen) atoms. The van der Waals surface area contributed by atoms with Gasteiger partial charge in [0.15, 0.2) is 0 Å². The SMILES string of the molecule is CCCc1ccccc1N[C@@H](C)C(=O)OC. The Morgan fingerprint density at radius 1 is 1.44 bits per heavy atom.